The van der Waals surface area contributed by atoms with Gasteiger partial charge in [-0.25, -0.2) is 8.42 Å². The van der Waals surface area contributed by atoms with E-state index >= 15 is 0 Å². The zero-order chi connectivity index (χ0) is 18.0. The van der Waals surface area contributed by atoms with Gasteiger partial charge in [0.15, 0.2) is 6.61 Å². The number of rotatable bonds is 10. The van der Waals surface area contributed by atoms with E-state index in [4.69, 9.17) is 4.74 Å². The Morgan fingerprint density at radius 2 is 1.79 bits per heavy atom. The molecule has 1 rings (SSSR count). The summed E-state index contributed by atoms with van der Waals surface area (Å²) in [5.74, 6) is -0.718. The number of benzene rings is 1. The van der Waals surface area contributed by atoms with Crippen molar-refractivity contribution in [2.45, 2.75) is 25.2 Å². The molecular formula is C15H22N2O6S. The van der Waals surface area contributed by atoms with E-state index in [2.05, 4.69) is 14.8 Å². The van der Waals surface area contributed by atoms with E-state index in [9.17, 15) is 18.0 Å². The molecule has 0 bridgehead atoms. The average molecular weight is 358 g/mol. The fraction of sp³-hybridized carbons (Fsp3) is 0.467. The molecule has 8 nitrogen and oxygen atoms in total. The fourth-order valence-electron chi connectivity index (χ4n) is 1.63. The van der Waals surface area contributed by atoms with Gasteiger partial charge < -0.3 is 14.8 Å². The van der Waals surface area contributed by atoms with E-state index in [0.29, 0.717) is 18.9 Å². The van der Waals surface area contributed by atoms with Gasteiger partial charge in [-0.15, -0.1) is 0 Å². The van der Waals surface area contributed by atoms with E-state index in [1.54, 1.807) is 0 Å². The van der Waals surface area contributed by atoms with Gasteiger partial charge >= 0.3 is 5.97 Å². The number of sulfonamides is 1. The number of esters is 1. The van der Waals surface area contributed by atoms with Crippen LogP contribution in [-0.4, -0.2) is 46.6 Å². The molecule has 2 N–H and O–H groups in total. The maximum atomic E-state index is 12.0. The average Bonchev–Trinajstić information content (AvgIpc) is 2.57. The predicted octanol–water partition coefficient (Wildman–Crippen LogP) is 0.433. The van der Waals surface area contributed by atoms with Crippen molar-refractivity contribution < 1.29 is 27.5 Å². The zero-order valence-corrected chi connectivity index (χ0v) is 14.5. The second-order valence-corrected chi connectivity index (χ2v) is 6.51. The Morgan fingerprint density at radius 3 is 2.38 bits per heavy atom. The maximum absolute atomic E-state index is 12.0. The van der Waals surface area contributed by atoms with Crippen molar-refractivity contribution in [1.29, 1.82) is 0 Å². The van der Waals surface area contributed by atoms with Crippen LogP contribution >= 0.6 is 0 Å². The molecular weight excluding hydrogens is 336 g/mol. The Labute approximate surface area is 141 Å². The monoisotopic (exact) mass is 358 g/mol. The number of ether oxygens (including phenoxy) is 2. The second-order valence-electron chi connectivity index (χ2n) is 4.74. The molecule has 9 heteroatoms. The first-order valence-electron chi connectivity index (χ1n) is 7.54. The Bertz CT molecular complexity index is 642. The predicted molar refractivity (Wildman–Crippen MR) is 87.1 cm³/mol. The number of hydrogen-bond acceptors (Lipinski definition) is 6. The molecule has 0 aliphatic carbocycles. The summed E-state index contributed by atoms with van der Waals surface area (Å²) in [6, 6.07) is 5.79. The van der Waals surface area contributed by atoms with E-state index < -0.39 is 35.1 Å². The summed E-state index contributed by atoms with van der Waals surface area (Å²) in [6.07, 6.45) is 0.765. The Hall–Kier alpha value is -2.13. The standard InChI is InChI=1S/C15H22N2O6S/c1-3-9-16-14(18)11-23-15(19)10-17-24(20,21)13-7-5-12(6-8-13)22-4-2/h5-8,17H,3-4,9-11H2,1-2H3,(H,16,18). The lowest BCUT2D eigenvalue weighted by Crippen LogP contribution is -2.34. The van der Waals surface area contributed by atoms with Crippen LogP contribution in [0.15, 0.2) is 29.2 Å². The number of carbonyl (C=O) groups excluding carboxylic acids is 2. The third kappa shape index (κ3) is 6.97. The lowest BCUT2D eigenvalue weighted by molar-refractivity contribution is -0.147. The number of hydrogen-bond donors (Lipinski definition) is 2. The van der Waals surface area contributed by atoms with Crippen LogP contribution in [0.1, 0.15) is 20.3 Å². The molecule has 0 saturated carbocycles. The molecule has 0 aliphatic rings. The van der Waals surface area contributed by atoms with E-state index in [1.807, 2.05) is 13.8 Å². The molecule has 0 aliphatic heterocycles. The molecule has 0 saturated heterocycles. The van der Waals surface area contributed by atoms with Crippen molar-refractivity contribution >= 4 is 21.9 Å². The number of amides is 1. The Kier molecular flexibility index (Phi) is 8.20. The zero-order valence-electron chi connectivity index (χ0n) is 13.7. The van der Waals surface area contributed by atoms with Gasteiger partial charge in [0.2, 0.25) is 10.0 Å². The van der Waals surface area contributed by atoms with Crippen LogP contribution in [0, 0.1) is 0 Å². The van der Waals surface area contributed by atoms with Gasteiger partial charge in [0, 0.05) is 6.54 Å². The van der Waals surface area contributed by atoms with Crippen molar-refractivity contribution in [1.82, 2.24) is 10.0 Å². The highest BCUT2D eigenvalue weighted by Crippen LogP contribution is 2.15. The lowest BCUT2D eigenvalue weighted by Gasteiger charge is -2.08. The van der Waals surface area contributed by atoms with Crippen LogP contribution < -0.4 is 14.8 Å². The topological polar surface area (TPSA) is 111 Å². The summed E-state index contributed by atoms with van der Waals surface area (Å²) in [5.41, 5.74) is 0. The third-order valence-electron chi connectivity index (χ3n) is 2.79. The Morgan fingerprint density at radius 1 is 1.12 bits per heavy atom. The number of carbonyl (C=O) groups is 2. The van der Waals surface area contributed by atoms with E-state index in [0.717, 1.165) is 6.42 Å². The van der Waals surface area contributed by atoms with Gasteiger partial charge in [-0.2, -0.15) is 4.72 Å². The minimum absolute atomic E-state index is 0.000517. The van der Waals surface area contributed by atoms with E-state index in [-0.39, 0.29) is 4.90 Å². The molecule has 0 spiro atoms. The van der Waals surface area contributed by atoms with Crippen LogP contribution in [0.2, 0.25) is 0 Å². The van der Waals surface area contributed by atoms with E-state index in [1.165, 1.54) is 24.3 Å². The van der Waals surface area contributed by atoms with Crippen molar-refractivity contribution in [2.75, 3.05) is 26.3 Å². The van der Waals surface area contributed by atoms with Crippen molar-refractivity contribution in [2.24, 2.45) is 0 Å². The largest absolute Gasteiger partial charge is 0.494 e. The van der Waals surface area contributed by atoms with Crippen LogP contribution in [0.5, 0.6) is 5.75 Å². The smallest absolute Gasteiger partial charge is 0.321 e. The number of nitrogens with one attached hydrogen (secondary N) is 2. The van der Waals surface area contributed by atoms with Crippen LogP contribution in [0.25, 0.3) is 0 Å². The van der Waals surface area contributed by atoms with Crippen LogP contribution in [0.4, 0.5) is 0 Å². The SMILES string of the molecule is CCCNC(=O)COC(=O)CNS(=O)(=O)c1ccc(OCC)cc1. The quantitative estimate of drug-likeness (QED) is 0.587. The molecule has 0 radical (unpaired) electrons. The van der Waals surface area contributed by atoms with Gasteiger partial charge in [0.25, 0.3) is 5.91 Å². The fourth-order valence-corrected chi connectivity index (χ4v) is 2.60. The Balaban J connectivity index is 2.46. The molecule has 0 unspecified atom stereocenters. The summed E-state index contributed by atoms with van der Waals surface area (Å²) in [6.45, 7) is 3.67. The highest BCUT2D eigenvalue weighted by Gasteiger charge is 2.16. The van der Waals surface area contributed by atoms with Crippen molar-refractivity contribution in [3.63, 3.8) is 0 Å². The highest BCUT2D eigenvalue weighted by atomic mass is 32.2. The minimum atomic E-state index is -3.85. The van der Waals surface area contributed by atoms with Gasteiger partial charge in [-0.05, 0) is 37.6 Å². The second kappa shape index (κ2) is 9.89. The van der Waals surface area contributed by atoms with Gasteiger partial charge in [0.1, 0.15) is 12.3 Å². The summed E-state index contributed by atoms with van der Waals surface area (Å²) >= 11 is 0. The molecule has 0 heterocycles. The maximum Gasteiger partial charge on any atom is 0.321 e. The molecule has 0 atom stereocenters. The minimum Gasteiger partial charge on any atom is -0.494 e. The first-order chi connectivity index (χ1) is 11.4. The van der Waals surface area contributed by atoms with Gasteiger partial charge in [0.05, 0.1) is 11.5 Å². The molecule has 134 valence electrons. The summed E-state index contributed by atoms with van der Waals surface area (Å²) < 4.78 is 36.1. The molecule has 0 aromatic heterocycles. The van der Waals surface area contributed by atoms with Gasteiger partial charge in [-0.3, -0.25) is 9.59 Å². The summed E-state index contributed by atoms with van der Waals surface area (Å²) in [5, 5.41) is 2.53. The van der Waals surface area contributed by atoms with Crippen LogP contribution in [0.3, 0.4) is 0 Å². The summed E-state index contributed by atoms with van der Waals surface area (Å²) in [7, 11) is -3.85. The molecule has 24 heavy (non-hydrogen) atoms. The highest BCUT2D eigenvalue weighted by molar-refractivity contribution is 7.89. The lowest BCUT2D eigenvalue weighted by atomic mass is 10.3. The molecule has 1 aromatic rings. The van der Waals surface area contributed by atoms with Crippen molar-refractivity contribution in [3.05, 3.63) is 24.3 Å². The van der Waals surface area contributed by atoms with Crippen molar-refractivity contribution in [3.8, 4) is 5.75 Å². The normalized spacial score (nSPS) is 10.9. The molecule has 1 amide bonds. The first kappa shape index (κ1) is 19.9. The summed E-state index contributed by atoms with van der Waals surface area (Å²) in [4.78, 5) is 22.8. The molecule has 1 aromatic carbocycles. The molecule has 0 fully saturated rings. The third-order valence-corrected chi connectivity index (χ3v) is 4.21. The van der Waals surface area contributed by atoms with Gasteiger partial charge in [-0.1, -0.05) is 6.92 Å². The first-order valence-corrected chi connectivity index (χ1v) is 9.02. The van der Waals surface area contributed by atoms with Crippen LogP contribution in [-0.2, 0) is 24.3 Å².